The zero-order valence-corrected chi connectivity index (χ0v) is 17.7. The predicted molar refractivity (Wildman–Crippen MR) is 97.1 cm³/mol. The molecule has 1 aliphatic heterocycles. The predicted octanol–water partition coefficient (Wildman–Crippen LogP) is 1.75. The Balaban J connectivity index is 2.86. The van der Waals surface area contributed by atoms with Crippen molar-refractivity contribution < 1.29 is 37.5 Å². The number of hydrogen-bond acceptors (Lipinski definition) is 8. The van der Waals surface area contributed by atoms with Gasteiger partial charge in [0.25, 0.3) is 0 Å². The van der Waals surface area contributed by atoms with E-state index >= 15 is 0 Å². The van der Waals surface area contributed by atoms with Crippen molar-refractivity contribution in [2.75, 3.05) is 33.5 Å². The molecule has 10 heteroatoms. The van der Waals surface area contributed by atoms with Gasteiger partial charge in [-0.3, -0.25) is 23.5 Å². The Morgan fingerprint density at radius 1 is 1.22 bits per heavy atom. The summed E-state index contributed by atoms with van der Waals surface area (Å²) in [6.07, 6.45) is -1.19. The maximum absolute atomic E-state index is 13.1. The second-order valence-electron chi connectivity index (χ2n) is 7.53. The highest BCUT2D eigenvalue weighted by Gasteiger charge is 2.49. The highest BCUT2D eigenvalue weighted by Crippen LogP contribution is 2.57. The van der Waals surface area contributed by atoms with Gasteiger partial charge in [0.1, 0.15) is 0 Å². The molecule has 0 aromatic carbocycles. The molecule has 3 atom stereocenters. The molecule has 156 valence electrons. The van der Waals surface area contributed by atoms with E-state index in [1.165, 1.54) is 14.2 Å². The molecule has 1 N–H and O–H groups in total. The molecule has 9 nitrogen and oxygen atoms in total. The summed E-state index contributed by atoms with van der Waals surface area (Å²) in [5.41, 5.74) is -0.734. The Morgan fingerprint density at radius 2 is 1.85 bits per heavy atom. The largest absolute Gasteiger partial charge is 0.469 e. The number of methoxy groups -OCH3 is 2. The summed E-state index contributed by atoms with van der Waals surface area (Å²) in [5, 5.41) is 2.59. The number of ether oxygens (including phenoxy) is 2. The van der Waals surface area contributed by atoms with E-state index in [0.29, 0.717) is 0 Å². The van der Waals surface area contributed by atoms with Gasteiger partial charge < -0.3 is 19.3 Å². The molecule has 27 heavy (non-hydrogen) atoms. The van der Waals surface area contributed by atoms with Crippen molar-refractivity contribution >= 4 is 25.4 Å². The van der Waals surface area contributed by atoms with Crippen molar-refractivity contribution in [1.29, 1.82) is 0 Å². The minimum atomic E-state index is -3.69. The average molecular weight is 407 g/mol. The molecule has 1 amide bonds. The number of hydrogen-bond donors (Lipinski definition) is 1. The molecule has 0 spiro atoms. The fourth-order valence-electron chi connectivity index (χ4n) is 2.60. The highest BCUT2D eigenvalue weighted by atomic mass is 31.2. The lowest BCUT2D eigenvalue weighted by Gasteiger charge is -2.41. The van der Waals surface area contributed by atoms with Crippen molar-refractivity contribution in [3.05, 3.63) is 0 Å². The van der Waals surface area contributed by atoms with E-state index in [1.54, 1.807) is 27.7 Å². The molecule has 0 radical (unpaired) electrons. The van der Waals surface area contributed by atoms with Crippen LogP contribution >= 0.6 is 7.60 Å². The number of carbonyl (C=O) groups is 3. The molecule has 0 saturated carbocycles. The van der Waals surface area contributed by atoms with Gasteiger partial charge in [-0.25, -0.2) is 0 Å². The summed E-state index contributed by atoms with van der Waals surface area (Å²) in [6.45, 7) is 7.22. The van der Waals surface area contributed by atoms with Crippen LogP contribution in [0.1, 0.15) is 34.1 Å². The molecule has 1 rings (SSSR count). The minimum Gasteiger partial charge on any atom is -0.469 e. The van der Waals surface area contributed by atoms with Crippen molar-refractivity contribution in [1.82, 2.24) is 5.32 Å². The van der Waals surface area contributed by atoms with E-state index in [2.05, 4.69) is 10.1 Å². The average Bonchev–Trinajstić information content (AvgIpc) is 2.61. The quantitative estimate of drug-likeness (QED) is 0.478. The third-order valence-electron chi connectivity index (χ3n) is 4.43. The lowest BCUT2D eigenvalue weighted by Crippen LogP contribution is -2.50. The van der Waals surface area contributed by atoms with Gasteiger partial charge >= 0.3 is 19.5 Å². The molecule has 0 aliphatic carbocycles. The molecule has 0 aromatic heterocycles. The number of rotatable bonds is 8. The molecular formula is C17H30NO8P. The van der Waals surface area contributed by atoms with Crippen LogP contribution in [0, 0.1) is 17.3 Å². The van der Waals surface area contributed by atoms with E-state index in [1.807, 2.05) is 0 Å². The second kappa shape index (κ2) is 9.66. The van der Waals surface area contributed by atoms with Gasteiger partial charge in [-0.2, -0.15) is 0 Å². The van der Waals surface area contributed by atoms with E-state index in [4.69, 9.17) is 13.8 Å². The van der Waals surface area contributed by atoms with Crippen molar-refractivity contribution in [2.45, 2.75) is 40.2 Å². The van der Waals surface area contributed by atoms with Crippen LogP contribution in [0.3, 0.4) is 0 Å². The van der Waals surface area contributed by atoms with E-state index in [9.17, 15) is 18.9 Å². The van der Waals surface area contributed by atoms with Crippen molar-refractivity contribution in [3.8, 4) is 0 Å². The number of nitrogens with one attached hydrogen (secondary N) is 1. The maximum atomic E-state index is 13.1. The second-order valence-corrected chi connectivity index (χ2v) is 9.59. The fourth-order valence-corrected chi connectivity index (χ4v) is 5.14. The standard InChI is InChI=1S/C17H30NO8P/c1-11(2)12(16(21)24-6)9-27(22)25-10-17(3,4)14(26-27)15(20)18-8-7-13(19)23-5/h11-12,14H,7-10H2,1-6H3,(H,18,20)/t12-,14-,27?/m0/s1. The molecule has 1 aliphatic rings. The van der Waals surface area contributed by atoms with Gasteiger partial charge in [0.2, 0.25) is 5.91 Å². The third-order valence-corrected chi connectivity index (χ3v) is 6.33. The van der Waals surface area contributed by atoms with Gasteiger partial charge in [0.15, 0.2) is 6.10 Å². The normalized spacial score (nSPS) is 25.5. The van der Waals surface area contributed by atoms with Crippen LogP contribution < -0.4 is 5.32 Å². The van der Waals surface area contributed by atoms with Gasteiger partial charge in [-0.1, -0.05) is 27.7 Å². The summed E-state index contributed by atoms with van der Waals surface area (Å²) in [5.74, 6) is -2.27. The maximum Gasteiger partial charge on any atom is 0.332 e. The van der Waals surface area contributed by atoms with E-state index in [0.717, 1.165) is 0 Å². The topological polar surface area (TPSA) is 117 Å². The third kappa shape index (κ3) is 6.59. The number of carbonyl (C=O) groups excluding carboxylic acids is 3. The lowest BCUT2D eigenvalue weighted by atomic mass is 9.87. The SMILES string of the molecule is COC(=O)CCNC(=O)[C@@H]1OP(=O)(C[C@H](C(=O)OC)C(C)C)OCC1(C)C. The zero-order valence-electron chi connectivity index (χ0n) is 16.8. The van der Waals surface area contributed by atoms with E-state index in [-0.39, 0.29) is 31.7 Å². The summed E-state index contributed by atoms with van der Waals surface area (Å²) in [4.78, 5) is 35.7. The Bertz CT molecular complexity index is 604. The van der Waals surface area contributed by atoms with Gasteiger partial charge in [-0.05, 0) is 5.92 Å². The monoisotopic (exact) mass is 407 g/mol. The van der Waals surface area contributed by atoms with Crippen LogP contribution in [-0.4, -0.2) is 57.5 Å². The van der Waals surface area contributed by atoms with Gasteiger partial charge in [0.05, 0.1) is 39.3 Å². The first-order valence-corrected chi connectivity index (χ1v) is 10.5. The zero-order chi connectivity index (χ0) is 20.8. The van der Waals surface area contributed by atoms with Crippen LogP contribution in [0.15, 0.2) is 0 Å². The van der Waals surface area contributed by atoms with Crippen LogP contribution in [-0.2, 0) is 37.5 Å². The molecule has 1 fully saturated rings. The Morgan fingerprint density at radius 3 is 2.37 bits per heavy atom. The Labute approximate surface area is 160 Å². The van der Waals surface area contributed by atoms with Gasteiger partial charge in [-0.15, -0.1) is 0 Å². The smallest absolute Gasteiger partial charge is 0.332 e. The van der Waals surface area contributed by atoms with Crippen molar-refractivity contribution in [3.63, 3.8) is 0 Å². The Kier molecular flexibility index (Phi) is 8.45. The molecule has 1 heterocycles. The summed E-state index contributed by atoms with van der Waals surface area (Å²) < 4.78 is 33.5. The highest BCUT2D eigenvalue weighted by molar-refractivity contribution is 7.54. The molecule has 1 saturated heterocycles. The van der Waals surface area contributed by atoms with Crippen molar-refractivity contribution in [2.24, 2.45) is 17.3 Å². The summed E-state index contributed by atoms with van der Waals surface area (Å²) >= 11 is 0. The number of amides is 1. The van der Waals surface area contributed by atoms with E-state index < -0.39 is 42.9 Å². The molecular weight excluding hydrogens is 377 g/mol. The van der Waals surface area contributed by atoms with Gasteiger partial charge in [0, 0.05) is 12.0 Å². The van der Waals surface area contributed by atoms with Crippen LogP contribution in [0.5, 0.6) is 0 Å². The molecule has 1 unspecified atom stereocenters. The molecule has 0 bridgehead atoms. The van der Waals surface area contributed by atoms with Crippen LogP contribution in [0.25, 0.3) is 0 Å². The number of esters is 2. The lowest BCUT2D eigenvalue weighted by molar-refractivity contribution is -0.146. The van der Waals surface area contributed by atoms with Crippen LogP contribution in [0.4, 0.5) is 0 Å². The fraction of sp³-hybridized carbons (Fsp3) is 0.824. The van der Waals surface area contributed by atoms with Crippen LogP contribution in [0.2, 0.25) is 0 Å². The first-order chi connectivity index (χ1) is 12.5. The Hall–Kier alpha value is -1.44. The summed E-state index contributed by atoms with van der Waals surface area (Å²) in [6, 6.07) is 0. The molecule has 0 aromatic rings. The minimum absolute atomic E-state index is 0.0152. The first kappa shape index (κ1) is 23.6. The first-order valence-electron chi connectivity index (χ1n) is 8.80. The summed E-state index contributed by atoms with van der Waals surface area (Å²) in [7, 11) is -1.17.